The van der Waals surface area contributed by atoms with Gasteiger partial charge in [-0.1, -0.05) is 0 Å². The third-order valence-corrected chi connectivity index (χ3v) is 3.16. The van der Waals surface area contributed by atoms with E-state index in [4.69, 9.17) is 5.26 Å². The topological polar surface area (TPSA) is 48.7 Å². The lowest BCUT2D eigenvalue weighted by atomic mass is 10.2. The SMILES string of the molecule is Cc1csc(CNc2ccc(C#N)cc2F)n1. The van der Waals surface area contributed by atoms with Crippen LogP contribution < -0.4 is 5.32 Å². The van der Waals surface area contributed by atoms with Gasteiger partial charge >= 0.3 is 0 Å². The molecule has 0 fully saturated rings. The zero-order valence-corrected chi connectivity index (χ0v) is 10.0. The van der Waals surface area contributed by atoms with E-state index in [0.717, 1.165) is 10.7 Å². The van der Waals surface area contributed by atoms with Gasteiger partial charge < -0.3 is 5.32 Å². The molecule has 0 aliphatic carbocycles. The summed E-state index contributed by atoms with van der Waals surface area (Å²) in [5.41, 5.74) is 1.67. The summed E-state index contributed by atoms with van der Waals surface area (Å²) in [6.45, 7) is 2.41. The summed E-state index contributed by atoms with van der Waals surface area (Å²) >= 11 is 1.53. The first-order valence-electron chi connectivity index (χ1n) is 5.03. The predicted molar refractivity (Wildman–Crippen MR) is 65.3 cm³/mol. The predicted octanol–water partition coefficient (Wildman–Crippen LogP) is 3.07. The second-order valence-electron chi connectivity index (χ2n) is 3.54. The molecule has 0 aliphatic rings. The number of halogens is 1. The lowest BCUT2D eigenvalue weighted by Crippen LogP contribution is -2.01. The summed E-state index contributed by atoms with van der Waals surface area (Å²) < 4.78 is 13.5. The lowest BCUT2D eigenvalue weighted by molar-refractivity contribution is 0.629. The maximum absolute atomic E-state index is 13.5. The van der Waals surface area contributed by atoms with Gasteiger partial charge in [-0.05, 0) is 25.1 Å². The first kappa shape index (κ1) is 11.6. The van der Waals surface area contributed by atoms with Crippen LogP contribution >= 0.6 is 11.3 Å². The molecule has 1 aromatic heterocycles. The van der Waals surface area contributed by atoms with Gasteiger partial charge in [0.2, 0.25) is 0 Å². The molecule has 0 amide bonds. The third kappa shape index (κ3) is 2.80. The number of benzene rings is 1. The van der Waals surface area contributed by atoms with Gasteiger partial charge in [0.15, 0.2) is 0 Å². The summed E-state index contributed by atoms with van der Waals surface area (Å²) in [6.07, 6.45) is 0. The van der Waals surface area contributed by atoms with Crippen molar-refractivity contribution >= 4 is 17.0 Å². The summed E-state index contributed by atoms with van der Waals surface area (Å²) in [6, 6.07) is 6.26. The van der Waals surface area contributed by atoms with Gasteiger partial charge in [-0.15, -0.1) is 11.3 Å². The fourth-order valence-corrected chi connectivity index (χ4v) is 2.09. The zero-order chi connectivity index (χ0) is 12.3. The number of thiazole rings is 1. The molecular weight excluding hydrogens is 237 g/mol. The number of nitrogens with zero attached hydrogens (tertiary/aromatic N) is 2. The smallest absolute Gasteiger partial charge is 0.147 e. The van der Waals surface area contributed by atoms with Crippen LogP contribution in [0.2, 0.25) is 0 Å². The second-order valence-corrected chi connectivity index (χ2v) is 4.49. The highest BCUT2D eigenvalue weighted by Gasteiger charge is 2.04. The quantitative estimate of drug-likeness (QED) is 0.906. The average Bonchev–Trinajstić information content (AvgIpc) is 2.73. The number of anilines is 1. The molecule has 0 atom stereocenters. The molecule has 0 bridgehead atoms. The Kier molecular flexibility index (Phi) is 3.35. The van der Waals surface area contributed by atoms with Crippen molar-refractivity contribution in [3.63, 3.8) is 0 Å². The zero-order valence-electron chi connectivity index (χ0n) is 9.20. The van der Waals surface area contributed by atoms with Crippen LogP contribution in [0.25, 0.3) is 0 Å². The molecule has 2 rings (SSSR count). The molecule has 3 nitrogen and oxygen atoms in total. The molecule has 0 aliphatic heterocycles. The van der Waals surface area contributed by atoms with Crippen LogP contribution in [0.4, 0.5) is 10.1 Å². The molecule has 2 aromatic rings. The van der Waals surface area contributed by atoms with Crippen LogP contribution in [-0.4, -0.2) is 4.98 Å². The van der Waals surface area contributed by atoms with Crippen molar-refractivity contribution in [2.24, 2.45) is 0 Å². The van der Waals surface area contributed by atoms with Gasteiger partial charge in [0.1, 0.15) is 10.8 Å². The second kappa shape index (κ2) is 4.93. The number of hydrogen-bond donors (Lipinski definition) is 1. The Hall–Kier alpha value is -1.93. The van der Waals surface area contributed by atoms with E-state index in [2.05, 4.69) is 10.3 Å². The Labute approximate surface area is 103 Å². The van der Waals surface area contributed by atoms with Crippen molar-refractivity contribution in [3.05, 3.63) is 45.7 Å². The van der Waals surface area contributed by atoms with Crippen molar-refractivity contribution in [2.45, 2.75) is 13.5 Å². The molecule has 5 heteroatoms. The summed E-state index contributed by atoms with van der Waals surface area (Å²) in [5, 5.41) is 14.4. The minimum atomic E-state index is -0.419. The lowest BCUT2D eigenvalue weighted by Gasteiger charge is -2.05. The number of aryl methyl sites for hydroxylation is 1. The van der Waals surface area contributed by atoms with Crippen LogP contribution in [0, 0.1) is 24.1 Å². The maximum Gasteiger partial charge on any atom is 0.147 e. The Morgan fingerprint density at radius 2 is 2.35 bits per heavy atom. The largest absolute Gasteiger partial charge is 0.376 e. The fourth-order valence-electron chi connectivity index (χ4n) is 1.38. The minimum Gasteiger partial charge on any atom is -0.376 e. The van der Waals surface area contributed by atoms with Crippen molar-refractivity contribution in [1.82, 2.24) is 4.98 Å². The Balaban J connectivity index is 2.07. The summed E-state index contributed by atoms with van der Waals surface area (Å²) in [5.74, 6) is -0.419. The average molecular weight is 247 g/mol. The first-order valence-corrected chi connectivity index (χ1v) is 5.91. The minimum absolute atomic E-state index is 0.318. The maximum atomic E-state index is 13.5. The van der Waals surface area contributed by atoms with Crippen LogP contribution in [0.3, 0.4) is 0 Å². The third-order valence-electron chi connectivity index (χ3n) is 2.19. The summed E-state index contributed by atoms with van der Waals surface area (Å²) in [4.78, 5) is 4.27. The van der Waals surface area contributed by atoms with Crippen molar-refractivity contribution in [1.29, 1.82) is 5.26 Å². The van der Waals surface area contributed by atoms with Gasteiger partial charge in [-0.3, -0.25) is 0 Å². The van der Waals surface area contributed by atoms with E-state index in [1.165, 1.54) is 17.4 Å². The molecule has 1 heterocycles. The van der Waals surface area contributed by atoms with Gasteiger partial charge in [-0.2, -0.15) is 5.26 Å². The van der Waals surface area contributed by atoms with Crippen molar-refractivity contribution in [3.8, 4) is 6.07 Å². The van der Waals surface area contributed by atoms with E-state index in [1.807, 2.05) is 18.4 Å². The number of hydrogen-bond acceptors (Lipinski definition) is 4. The molecule has 0 spiro atoms. The molecule has 0 saturated heterocycles. The Bertz CT molecular complexity index is 571. The van der Waals surface area contributed by atoms with E-state index in [9.17, 15) is 4.39 Å². The fraction of sp³-hybridized carbons (Fsp3) is 0.167. The van der Waals surface area contributed by atoms with E-state index in [1.54, 1.807) is 12.1 Å². The Morgan fingerprint density at radius 3 is 2.94 bits per heavy atom. The van der Waals surface area contributed by atoms with Gasteiger partial charge in [0, 0.05) is 11.1 Å². The number of nitrogens with one attached hydrogen (secondary N) is 1. The molecule has 0 saturated carbocycles. The standard InChI is InChI=1S/C12H10FN3S/c1-8-7-17-12(16-8)6-15-11-3-2-9(5-14)4-10(11)13/h2-4,7,15H,6H2,1H3. The monoisotopic (exact) mass is 247 g/mol. The van der Waals surface area contributed by atoms with Crippen molar-refractivity contribution < 1.29 is 4.39 Å². The molecule has 0 radical (unpaired) electrons. The molecule has 17 heavy (non-hydrogen) atoms. The van der Waals surface area contributed by atoms with E-state index >= 15 is 0 Å². The van der Waals surface area contributed by atoms with Gasteiger partial charge in [-0.25, -0.2) is 9.37 Å². The molecule has 1 N–H and O–H groups in total. The van der Waals surface area contributed by atoms with Crippen LogP contribution in [-0.2, 0) is 6.54 Å². The van der Waals surface area contributed by atoms with Gasteiger partial charge in [0.25, 0.3) is 0 Å². The van der Waals surface area contributed by atoms with E-state index in [-0.39, 0.29) is 0 Å². The molecule has 86 valence electrons. The van der Waals surface area contributed by atoms with Crippen LogP contribution in [0.1, 0.15) is 16.3 Å². The van der Waals surface area contributed by atoms with E-state index in [0.29, 0.717) is 17.8 Å². The van der Waals surface area contributed by atoms with Crippen LogP contribution in [0.15, 0.2) is 23.6 Å². The summed E-state index contributed by atoms with van der Waals surface area (Å²) in [7, 11) is 0. The van der Waals surface area contributed by atoms with Crippen molar-refractivity contribution in [2.75, 3.05) is 5.32 Å². The molecular formula is C12H10FN3S. The highest BCUT2D eigenvalue weighted by atomic mass is 32.1. The van der Waals surface area contributed by atoms with Gasteiger partial charge in [0.05, 0.1) is 23.9 Å². The van der Waals surface area contributed by atoms with Crippen LogP contribution in [0.5, 0.6) is 0 Å². The number of rotatable bonds is 3. The normalized spacial score (nSPS) is 9.94. The molecule has 0 unspecified atom stereocenters. The Morgan fingerprint density at radius 1 is 1.53 bits per heavy atom. The van der Waals surface area contributed by atoms with E-state index < -0.39 is 5.82 Å². The number of aromatic nitrogens is 1. The highest BCUT2D eigenvalue weighted by molar-refractivity contribution is 7.09. The molecule has 1 aromatic carbocycles. The first-order chi connectivity index (χ1) is 8.19. The number of nitriles is 1. The highest BCUT2D eigenvalue weighted by Crippen LogP contribution is 2.17.